The predicted octanol–water partition coefficient (Wildman–Crippen LogP) is 2.75. The van der Waals surface area contributed by atoms with Gasteiger partial charge < -0.3 is 9.47 Å². The first-order valence-electron chi connectivity index (χ1n) is 7.80. The van der Waals surface area contributed by atoms with Crippen LogP contribution in [-0.4, -0.2) is 22.3 Å². The van der Waals surface area contributed by atoms with Crippen molar-refractivity contribution >= 4 is 0 Å². The molecule has 2 heterocycles. The van der Waals surface area contributed by atoms with E-state index in [0.29, 0.717) is 19.2 Å². The molecule has 0 bridgehead atoms. The van der Waals surface area contributed by atoms with Crippen molar-refractivity contribution < 1.29 is 9.47 Å². The first-order chi connectivity index (χ1) is 11.8. The molecule has 1 atom stereocenters. The topological polar surface area (TPSA) is 53.4 Å². The smallest absolute Gasteiger partial charge is 0.300 e. The highest BCUT2D eigenvalue weighted by Gasteiger charge is 2.23. The van der Waals surface area contributed by atoms with Crippen LogP contribution in [0.2, 0.25) is 0 Å². The molecule has 4 rings (SSSR count). The van der Waals surface area contributed by atoms with E-state index < -0.39 is 0 Å². The highest BCUT2D eigenvalue weighted by atomic mass is 16.6. The minimum absolute atomic E-state index is 0.153. The number of hydrogen-bond donors (Lipinski definition) is 0. The van der Waals surface area contributed by atoms with E-state index in [9.17, 15) is 4.79 Å². The molecule has 0 saturated heterocycles. The van der Waals surface area contributed by atoms with E-state index in [4.69, 9.17) is 9.47 Å². The van der Waals surface area contributed by atoms with Crippen molar-refractivity contribution in [2.75, 3.05) is 6.61 Å². The van der Waals surface area contributed by atoms with Crippen LogP contribution in [0.25, 0.3) is 11.1 Å². The quantitative estimate of drug-likeness (QED) is 0.742. The molecule has 24 heavy (non-hydrogen) atoms. The second-order valence-corrected chi connectivity index (χ2v) is 5.65. The molecule has 2 aromatic carbocycles. The van der Waals surface area contributed by atoms with E-state index in [1.54, 1.807) is 6.20 Å². The van der Waals surface area contributed by atoms with Crippen molar-refractivity contribution in [3.05, 3.63) is 77.2 Å². The predicted molar refractivity (Wildman–Crippen MR) is 90.3 cm³/mol. The van der Waals surface area contributed by atoms with Gasteiger partial charge in [0.1, 0.15) is 12.4 Å². The lowest BCUT2D eigenvalue weighted by molar-refractivity contribution is 0.143. The molecule has 0 unspecified atom stereocenters. The fourth-order valence-corrected chi connectivity index (χ4v) is 2.72. The third-order valence-electron chi connectivity index (χ3n) is 3.90. The molecular formula is C19H16N2O3. The number of benzene rings is 2. The minimum atomic E-state index is -0.293. The summed E-state index contributed by atoms with van der Waals surface area (Å²) in [6, 6.07) is 19.9. The van der Waals surface area contributed by atoms with Crippen LogP contribution in [0.3, 0.4) is 0 Å². The summed E-state index contributed by atoms with van der Waals surface area (Å²) < 4.78 is 13.3. The average molecular weight is 320 g/mol. The molecule has 0 radical (unpaired) electrons. The van der Waals surface area contributed by atoms with E-state index in [1.807, 2.05) is 41.0 Å². The van der Waals surface area contributed by atoms with Gasteiger partial charge in [-0.15, -0.1) is 0 Å². The van der Waals surface area contributed by atoms with Gasteiger partial charge in [0.2, 0.25) is 0 Å². The third-order valence-corrected chi connectivity index (χ3v) is 3.90. The van der Waals surface area contributed by atoms with Gasteiger partial charge in [0.15, 0.2) is 6.10 Å². The van der Waals surface area contributed by atoms with Crippen LogP contribution in [-0.2, 0) is 6.54 Å². The molecule has 3 aromatic rings. The molecule has 0 fully saturated rings. The highest BCUT2D eigenvalue weighted by molar-refractivity contribution is 5.64. The molecule has 0 aliphatic carbocycles. The van der Waals surface area contributed by atoms with Gasteiger partial charge in [0.05, 0.1) is 6.54 Å². The highest BCUT2D eigenvalue weighted by Crippen LogP contribution is 2.24. The van der Waals surface area contributed by atoms with E-state index >= 15 is 0 Å². The van der Waals surface area contributed by atoms with Crippen LogP contribution >= 0.6 is 0 Å². The zero-order chi connectivity index (χ0) is 16.4. The molecule has 1 aromatic heterocycles. The summed E-state index contributed by atoms with van der Waals surface area (Å²) in [6.45, 7) is 1.02. The number of fused-ring (bicyclic) bond motifs is 1. The fraction of sp³-hybridized carbons (Fsp3) is 0.158. The standard InChI is InChI=1S/C19H16N2O3/c22-18-9-10-21-12-17(24-19(21)20-18)13-23-16-8-4-7-15(11-16)14-5-2-1-3-6-14/h1-11,17H,12-13H2/t17-/m0/s1. The number of hydrogen-bond acceptors (Lipinski definition) is 4. The maximum atomic E-state index is 11.3. The molecule has 5 nitrogen and oxygen atoms in total. The molecule has 0 spiro atoms. The third kappa shape index (κ3) is 3.01. The Hall–Kier alpha value is -3.08. The lowest BCUT2D eigenvalue weighted by atomic mass is 10.1. The Bertz CT molecular complexity index is 906. The second kappa shape index (κ2) is 6.20. The summed E-state index contributed by atoms with van der Waals surface area (Å²) in [6.07, 6.45) is 1.54. The molecule has 0 amide bonds. The van der Waals surface area contributed by atoms with Gasteiger partial charge in [-0.05, 0) is 23.3 Å². The van der Waals surface area contributed by atoms with Gasteiger partial charge in [-0.1, -0.05) is 42.5 Å². The van der Waals surface area contributed by atoms with Crippen LogP contribution in [0.5, 0.6) is 11.8 Å². The Morgan fingerprint density at radius 3 is 2.79 bits per heavy atom. The van der Waals surface area contributed by atoms with Crippen molar-refractivity contribution in [2.45, 2.75) is 12.6 Å². The number of nitrogens with zero attached hydrogens (tertiary/aromatic N) is 2. The molecule has 1 aliphatic rings. The van der Waals surface area contributed by atoms with Crippen LogP contribution in [0, 0.1) is 0 Å². The number of rotatable bonds is 4. The minimum Gasteiger partial charge on any atom is -0.490 e. The average Bonchev–Trinajstić information content (AvgIpc) is 3.03. The van der Waals surface area contributed by atoms with Gasteiger partial charge in [0, 0.05) is 12.3 Å². The summed E-state index contributed by atoms with van der Waals surface area (Å²) in [5, 5.41) is 0. The molecule has 0 N–H and O–H groups in total. The van der Waals surface area contributed by atoms with Crippen LogP contribution < -0.4 is 15.0 Å². The van der Waals surface area contributed by atoms with Gasteiger partial charge in [-0.2, -0.15) is 4.98 Å². The zero-order valence-corrected chi connectivity index (χ0v) is 13.0. The zero-order valence-electron chi connectivity index (χ0n) is 13.0. The van der Waals surface area contributed by atoms with Crippen molar-refractivity contribution in [1.29, 1.82) is 0 Å². The Balaban J connectivity index is 1.43. The Kier molecular flexibility index (Phi) is 3.75. The van der Waals surface area contributed by atoms with Gasteiger partial charge in [-0.3, -0.25) is 9.36 Å². The molecule has 120 valence electrons. The van der Waals surface area contributed by atoms with E-state index in [2.05, 4.69) is 23.2 Å². The maximum Gasteiger partial charge on any atom is 0.300 e. The van der Waals surface area contributed by atoms with E-state index in [0.717, 1.165) is 16.9 Å². The van der Waals surface area contributed by atoms with E-state index in [1.165, 1.54) is 6.07 Å². The van der Waals surface area contributed by atoms with Crippen LogP contribution in [0.1, 0.15) is 0 Å². The maximum absolute atomic E-state index is 11.3. The summed E-state index contributed by atoms with van der Waals surface area (Å²) in [5.41, 5.74) is 1.96. The monoisotopic (exact) mass is 320 g/mol. The van der Waals surface area contributed by atoms with E-state index in [-0.39, 0.29) is 11.7 Å². The normalized spacial score (nSPS) is 15.6. The molecular weight excluding hydrogens is 304 g/mol. The summed E-state index contributed by atoms with van der Waals surface area (Å²) in [4.78, 5) is 15.1. The van der Waals surface area contributed by atoms with Gasteiger partial charge in [-0.25, -0.2) is 0 Å². The van der Waals surface area contributed by atoms with Gasteiger partial charge >= 0.3 is 0 Å². The number of ether oxygens (including phenoxy) is 2. The van der Waals surface area contributed by atoms with Crippen molar-refractivity contribution in [1.82, 2.24) is 9.55 Å². The first-order valence-corrected chi connectivity index (χ1v) is 7.80. The SMILES string of the molecule is O=c1ccn2c(n1)O[C@H](COc1cccc(-c3ccccc3)c1)C2. The molecule has 5 heteroatoms. The largest absolute Gasteiger partial charge is 0.490 e. The molecule has 0 saturated carbocycles. The molecule has 1 aliphatic heterocycles. The lowest BCUT2D eigenvalue weighted by Gasteiger charge is -2.12. The fourth-order valence-electron chi connectivity index (χ4n) is 2.72. The Morgan fingerprint density at radius 1 is 1.08 bits per heavy atom. The van der Waals surface area contributed by atoms with Gasteiger partial charge in [0.25, 0.3) is 11.6 Å². The van der Waals surface area contributed by atoms with Crippen LogP contribution in [0.4, 0.5) is 0 Å². The summed E-state index contributed by atoms with van der Waals surface area (Å²) >= 11 is 0. The van der Waals surface area contributed by atoms with Crippen LogP contribution in [0.15, 0.2) is 71.7 Å². The van der Waals surface area contributed by atoms with Crippen molar-refractivity contribution in [2.24, 2.45) is 0 Å². The second-order valence-electron chi connectivity index (χ2n) is 5.65. The number of aromatic nitrogens is 2. The Labute approximate surface area is 139 Å². The first kappa shape index (κ1) is 14.5. The van der Waals surface area contributed by atoms with Crippen molar-refractivity contribution in [3.63, 3.8) is 0 Å². The lowest BCUT2D eigenvalue weighted by Crippen LogP contribution is -2.23. The summed E-state index contributed by atoms with van der Waals surface area (Å²) in [5.74, 6) is 0.790. The Morgan fingerprint density at radius 2 is 1.92 bits per heavy atom. The van der Waals surface area contributed by atoms with Crippen molar-refractivity contribution in [3.8, 4) is 22.9 Å². The summed E-state index contributed by atoms with van der Waals surface area (Å²) in [7, 11) is 0.